The van der Waals surface area contributed by atoms with Gasteiger partial charge in [0.15, 0.2) is 5.65 Å². The third-order valence-electron chi connectivity index (χ3n) is 1.78. The topological polar surface area (TPSA) is 30.2 Å². The predicted molar refractivity (Wildman–Crippen MR) is 63.3 cm³/mol. The van der Waals surface area contributed by atoms with Gasteiger partial charge in [-0.25, -0.2) is 9.50 Å². The highest BCUT2D eigenvalue weighted by molar-refractivity contribution is 9.09. The van der Waals surface area contributed by atoms with Gasteiger partial charge in [-0.2, -0.15) is 5.10 Å². The second kappa shape index (κ2) is 4.65. The Hall–Kier alpha value is -1.05. The van der Waals surface area contributed by atoms with Crippen LogP contribution in [-0.4, -0.2) is 19.9 Å². The lowest BCUT2D eigenvalue weighted by molar-refractivity contribution is 0.939. The zero-order valence-corrected chi connectivity index (χ0v) is 10.1. The average Bonchev–Trinajstić information content (AvgIpc) is 2.62. The van der Waals surface area contributed by atoms with Crippen LogP contribution in [0.1, 0.15) is 12.0 Å². The summed E-state index contributed by atoms with van der Waals surface area (Å²) in [7, 11) is 0. The molecule has 0 atom stereocenters. The fraction of sp³-hybridized carbons (Fsp3) is 0.200. The van der Waals surface area contributed by atoms with E-state index in [4.69, 9.17) is 11.6 Å². The Morgan fingerprint density at radius 2 is 2.40 bits per heavy atom. The van der Waals surface area contributed by atoms with Crippen LogP contribution in [0.4, 0.5) is 0 Å². The van der Waals surface area contributed by atoms with Crippen molar-refractivity contribution in [1.82, 2.24) is 14.6 Å². The highest BCUT2D eigenvalue weighted by Gasteiger charge is 2.02. The van der Waals surface area contributed by atoms with E-state index < -0.39 is 0 Å². The van der Waals surface area contributed by atoms with Gasteiger partial charge >= 0.3 is 0 Å². The van der Waals surface area contributed by atoms with Crippen molar-refractivity contribution in [3.8, 4) is 11.8 Å². The number of nitrogens with zero attached hydrogens (tertiary/aromatic N) is 3. The summed E-state index contributed by atoms with van der Waals surface area (Å²) in [6.45, 7) is 0. The van der Waals surface area contributed by atoms with Crippen LogP contribution in [-0.2, 0) is 0 Å². The number of rotatable bonds is 1. The highest BCUT2D eigenvalue weighted by atomic mass is 79.9. The van der Waals surface area contributed by atoms with Crippen molar-refractivity contribution in [2.45, 2.75) is 6.42 Å². The van der Waals surface area contributed by atoms with Crippen LogP contribution in [0.3, 0.4) is 0 Å². The lowest BCUT2D eigenvalue weighted by Crippen LogP contribution is -1.89. The molecule has 15 heavy (non-hydrogen) atoms. The van der Waals surface area contributed by atoms with Crippen molar-refractivity contribution in [3.05, 3.63) is 29.2 Å². The van der Waals surface area contributed by atoms with E-state index in [1.54, 1.807) is 23.0 Å². The summed E-state index contributed by atoms with van der Waals surface area (Å²) < 4.78 is 1.66. The van der Waals surface area contributed by atoms with E-state index >= 15 is 0 Å². The van der Waals surface area contributed by atoms with Crippen molar-refractivity contribution in [2.75, 3.05) is 5.33 Å². The molecule has 0 aliphatic carbocycles. The third-order valence-corrected chi connectivity index (χ3v) is 2.38. The van der Waals surface area contributed by atoms with E-state index in [2.05, 4.69) is 37.9 Å². The minimum Gasteiger partial charge on any atom is -0.221 e. The number of alkyl halides is 1. The first-order chi connectivity index (χ1) is 7.31. The minimum absolute atomic E-state index is 0.451. The summed E-state index contributed by atoms with van der Waals surface area (Å²) in [4.78, 5) is 4.17. The zero-order valence-electron chi connectivity index (χ0n) is 7.74. The minimum atomic E-state index is 0.451. The number of halogens is 2. The Morgan fingerprint density at radius 1 is 1.53 bits per heavy atom. The normalized spacial score (nSPS) is 10.0. The first-order valence-corrected chi connectivity index (χ1v) is 5.86. The van der Waals surface area contributed by atoms with Gasteiger partial charge in [-0.3, -0.25) is 0 Å². The maximum atomic E-state index is 5.80. The van der Waals surface area contributed by atoms with Gasteiger partial charge in [0.05, 0.1) is 11.8 Å². The molecule has 0 radical (unpaired) electrons. The standard InChI is InChI=1S/C10H7BrClN3/c11-5-2-1-3-8-7-13-15-6-4-9(12)14-10(8)15/h4,6-7H,2,5H2. The van der Waals surface area contributed by atoms with Crippen molar-refractivity contribution in [3.63, 3.8) is 0 Å². The van der Waals surface area contributed by atoms with Crippen LogP contribution < -0.4 is 0 Å². The second-order valence-electron chi connectivity index (χ2n) is 2.82. The van der Waals surface area contributed by atoms with Crippen LogP contribution in [0.25, 0.3) is 5.65 Å². The summed E-state index contributed by atoms with van der Waals surface area (Å²) in [5.74, 6) is 6.03. The summed E-state index contributed by atoms with van der Waals surface area (Å²) in [6.07, 6.45) is 4.26. The molecule has 0 bridgehead atoms. The first-order valence-electron chi connectivity index (χ1n) is 4.36. The van der Waals surface area contributed by atoms with Gasteiger partial charge in [-0.05, 0) is 6.07 Å². The Kier molecular flexibility index (Phi) is 3.24. The fourth-order valence-electron chi connectivity index (χ4n) is 1.14. The Balaban J connectivity index is 2.45. The fourth-order valence-corrected chi connectivity index (χ4v) is 1.47. The van der Waals surface area contributed by atoms with E-state index in [1.165, 1.54) is 0 Å². The monoisotopic (exact) mass is 283 g/mol. The molecule has 0 fully saturated rings. The van der Waals surface area contributed by atoms with Crippen molar-refractivity contribution in [1.29, 1.82) is 0 Å². The summed E-state index contributed by atoms with van der Waals surface area (Å²) in [5, 5.41) is 5.44. The Bertz CT molecular complexity index is 538. The smallest absolute Gasteiger partial charge is 0.172 e. The van der Waals surface area contributed by atoms with Gasteiger partial charge in [0.2, 0.25) is 0 Å². The zero-order chi connectivity index (χ0) is 10.7. The first kappa shape index (κ1) is 10.5. The Labute approximate surface area is 101 Å². The quantitative estimate of drug-likeness (QED) is 0.458. The van der Waals surface area contributed by atoms with Gasteiger partial charge in [0.1, 0.15) is 5.15 Å². The molecule has 2 rings (SSSR count). The van der Waals surface area contributed by atoms with Crippen LogP contribution in [0, 0.1) is 11.8 Å². The van der Waals surface area contributed by atoms with Crippen LogP contribution in [0.15, 0.2) is 18.5 Å². The molecule has 0 aliphatic rings. The summed E-state index contributed by atoms with van der Waals surface area (Å²) >= 11 is 9.12. The molecule has 0 N–H and O–H groups in total. The third kappa shape index (κ3) is 2.31. The molecule has 5 heteroatoms. The molecular weight excluding hydrogens is 277 g/mol. The van der Waals surface area contributed by atoms with Gasteiger partial charge in [0, 0.05) is 17.9 Å². The lowest BCUT2D eigenvalue weighted by atomic mass is 10.3. The summed E-state index contributed by atoms with van der Waals surface area (Å²) in [6, 6.07) is 1.69. The van der Waals surface area contributed by atoms with Crippen LogP contribution in [0.5, 0.6) is 0 Å². The average molecular weight is 285 g/mol. The number of aromatic nitrogens is 3. The maximum Gasteiger partial charge on any atom is 0.172 e. The molecule has 2 heterocycles. The van der Waals surface area contributed by atoms with E-state index in [0.717, 1.165) is 17.3 Å². The number of hydrogen-bond donors (Lipinski definition) is 0. The molecular formula is C10H7BrClN3. The molecule has 0 saturated carbocycles. The highest BCUT2D eigenvalue weighted by Crippen LogP contribution is 2.10. The van der Waals surface area contributed by atoms with Crippen molar-refractivity contribution >= 4 is 33.2 Å². The van der Waals surface area contributed by atoms with E-state index in [-0.39, 0.29) is 0 Å². The largest absolute Gasteiger partial charge is 0.221 e. The van der Waals surface area contributed by atoms with Crippen LogP contribution in [0.2, 0.25) is 5.15 Å². The Morgan fingerprint density at radius 3 is 3.20 bits per heavy atom. The predicted octanol–water partition coefficient (Wildman–Crippen LogP) is 2.52. The molecule has 2 aromatic rings. The van der Waals surface area contributed by atoms with Gasteiger partial charge in [-0.1, -0.05) is 39.4 Å². The molecule has 3 nitrogen and oxygen atoms in total. The van der Waals surface area contributed by atoms with E-state index in [0.29, 0.717) is 10.8 Å². The summed E-state index contributed by atoms with van der Waals surface area (Å²) in [5.41, 5.74) is 1.50. The maximum absolute atomic E-state index is 5.80. The molecule has 0 unspecified atom stereocenters. The van der Waals surface area contributed by atoms with Gasteiger partial charge in [-0.15, -0.1) is 0 Å². The van der Waals surface area contributed by atoms with E-state index in [9.17, 15) is 0 Å². The molecule has 0 spiro atoms. The van der Waals surface area contributed by atoms with Gasteiger partial charge < -0.3 is 0 Å². The van der Waals surface area contributed by atoms with Crippen LogP contribution >= 0.6 is 27.5 Å². The molecule has 0 aliphatic heterocycles. The van der Waals surface area contributed by atoms with E-state index in [1.807, 2.05) is 0 Å². The van der Waals surface area contributed by atoms with Crippen molar-refractivity contribution in [2.24, 2.45) is 0 Å². The molecule has 0 aromatic carbocycles. The van der Waals surface area contributed by atoms with Crippen molar-refractivity contribution < 1.29 is 0 Å². The second-order valence-corrected chi connectivity index (χ2v) is 4.00. The van der Waals surface area contributed by atoms with Gasteiger partial charge in [0.25, 0.3) is 0 Å². The molecule has 0 amide bonds. The molecule has 76 valence electrons. The number of hydrogen-bond acceptors (Lipinski definition) is 2. The lowest BCUT2D eigenvalue weighted by Gasteiger charge is -1.92. The SMILES string of the molecule is Clc1ccn2ncc(C#CCCBr)c2n1. The number of fused-ring (bicyclic) bond motifs is 1. The molecule has 0 saturated heterocycles. The molecule has 2 aromatic heterocycles.